The number of hydrogen-bond donors (Lipinski definition) is 1. The summed E-state index contributed by atoms with van der Waals surface area (Å²) < 4.78 is 5.75. The minimum Gasteiger partial charge on any atom is -0.461 e. The van der Waals surface area contributed by atoms with Crippen LogP contribution >= 0.6 is 0 Å². The molecule has 0 bridgehead atoms. The maximum absolute atomic E-state index is 12.0. The quantitative estimate of drug-likeness (QED) is 0.841. The van der Waals surface area contributed by atoms with Crippen LogP contribution in [-0.4, -0.2) is 5.91 Å². The van der Waals surface area contributed by atoms with Crippen molar-refractivity contribution >= 4 is 12.0 Å². The fourth-order valence-electron chi connectivity index (χ4n) is 2.72. The lowest BCUT2D eigenvalue weighted by Crippen LogP contribution is -2.24. The van der Waals surface area contributed by atoms with Gasteiger partial charge in [0.2, 0.25) is 5.91 Å². The van der Waals surface area contributed by atoms with Crippen molar-refractivity contribution in [3.05, 3.63) is 65.1 Å². The number of rotatable bonds is 5. The zero-order valence-corrected chi connectivity index (χ0v) is 13.8. The Labute approximate surface area is 141 Å². The van der Waals surface area contributed by atoms with Crippen LogP contribution in [0.1, 0.15) is 54.9 Å². The summed E-state index contributed by atoms with van der Waals surface area (Å²) in [5.74, 6) is 2.77. The van der Waals surface area contributed by atoms with Gasteiger partial charge in [0.15, 0.2) is 0 Å². The maximum Gasteiger partial charge on any atom is 0.244 e. The molecular weight excluding hydrogens is 300 g/mol. The molecule has 2 aromatic rings. The lowest BCUT2D eigenvalue weighted by Gasteiger charge is -2.12. The van der Waals surface area contributed by atoms with E-state index in [9.17, 15) is 4.79 Å². The molecule has 3 atom stereocenters. The average molecular weight is 320 g/mol. The van der Waals surface area contributed by atoms with E-state index in [0.29, 0.717) is 23.2 Å². The smallest absolute Gasteiger partial charge is 0.244 e. The molecule has 3 rings (SSSR count). The number of carbonyl (C=O) groups excluding carboxylic acids is 1. The molecule has 4 nitrogen and oxygen atoms in total. The van der Waals surface area contributed by atoms with Crippen molar-refractivity contribution in [2.24, 2.45) is 5.92 Å². The first-order chi connectivity index (χ1) is 11.6. The van der Waals surface area contributed by atoms with Crippen LogP contribution in [0.5, 0.6) is 0 Å². The maximum atomic E-state index is 12.0. The van der Waals surface area contributed by atoms with E-state index in [2.05, 4.69) is 18.3 Å². The highest BCUT2D eigenvalue weighted by molar-refractivity contribution is 5.91. The number of furan rings is 1. The third-order valence-corrected chi connectivity index (χ3v) is 4.42. The molecule has 1 saturated carbocycles. The topological polar surface area (TPSA) is 66.0 Å². The van der Waals surface area contributed by atoms with Crippen molar-refractivity contribution in [2.45, 2.75) is 32.2 Å². The summed E-state index contributed by atoms with van der Waals surface area (Å²) in [7, 11) is 0. The van der Waals surface area contributed by atoms with E-state index >= 15 is 0 Å². The van der Waals surface area contributed by atoms with E-state index in [1.165, 1.54) is 12.5 Å². The van der Waals surface area contributed by atoms with Crippen molar-refractivity contribution in [3.63, 3.8) is 0 Å². The normalized spacial score (nSPS) is 20.5. The van der Waals surface area contributed by atoms with Gasteiger partial charge in [-0.3, -0.25) is 4.79 Å². The van der Waals surface area contributed by atoms with E-state index in [4.69, 9.17) is 9.68 Å². The van der Waals surface area contributed by atoms with Gasteiger partial charge in [-0.15, -0.1) is 0 Å². The number of amides is 1. The van der Waals surface area contributed by atoms with Crippen LogP contribution in [0.25, 0.3) is 6.08 Å². The first kappa shape index (κ1) is 16.1. The number of nitrogens with zero attached hydrogens (tertiary/aromatic N) is 1. The molecule has 24 heavy (non-hydrogen) atoms. The van der Waals surface area contributed by atoms with E-state index in [-0.39, 0.29) is 11.9 Å². The molecule has 1 fully saturated rings. The Kier molecular flexibility index (Phi) is 4.52. The number of nitrogens with one attached hydrogen (secondary N) is 1. The van der Waals surface area contributed by atoms with E-state index in [1.807, 2.05) is 31.2 Å². The molecule has 1 aliphatic rings. The fraction of sp³-hybridized carbons (Fsp3) is 0.300. The second kappa shape index (κ2) is 6.76. The van der Waals surface area contributed by atoms with Gasteiger partial charge in [0, 0.05) is 12.0 Å². The summed E-state index contributed by atoms with van der Waals surface area (Å²) in [6.45, 7) is 4.12. The van der Waals surface area contributed by atoms with Crippen LogP contribution in [0.15, 0.2) is 46.9 Å². The van der Waals surface area contributed by atoms with Crippen LogP contribution < -0.4 is 5.32 Å². The summed E-state index contributed by atoms with van der Waals surface area (Å²) in [5.41, 5.74) is 1.56. The van der Waals surface area contributed by atoms with Gasteiger partial charge in [0.25, 0.3) is 0 Å². The summed E-state index contributed by atoms with van der Waals surface area (Å²) in [6.07, 6.45) is 4.36. The molecule has 122 valence electrons. The number of hydrogen-bond acceptors (Lipinski definition) is 3. The van der Waals surface area contributed by atoms with Crippen molar-refractivity contribution < 1.29 is 9.21 Å². The Morgan fingerprint density at radius 1 is 1.33 bits per heavy atom. The Morgan fingerprint density at radius 3 is 2.67 bits per heavy atom. The first-order valence-corrected chi connectivity index (χ1v) is 8.15. The minimum atomic E-state index is -0.176. The van der Waals surface area contributed by atoms with Gasteiger partial charge in [0.05, 0.1) is 17.7 Å². The van der Waals surface area contributed by atoms with Gasteiger partial charge in [-0.05, 0) is 55.2 Å². The molecule has 1 aromatic heterocycles. The standard InChI is InChI=1S/C20H20N2O2/c1-13-11-18(13)19-9-7-17(24-19)8-10-20(23)22-14(2)16-5-3-15(12-21)4-6-16/h3-10,13-14,18H,11H2,1-2H3,(H,22,23)/b10-8+. The summed E-state index contributed by atoms with van der Waals surface area (Å²) in [6, 6.07) is 13.0. The molecule has 0 spiro atoms. The molecule has 1 amide bonds. The minimum absolute atomic E-state index is 0.130. The fourth-order valence-corrected chi connectivity index (χ4v) is 2.72. The van der Waals surface area contributed by atoms with Crippen molar-refractivity contribution in [3.8, 4) is 6.07 Å². The Hall–Kier alpha value is -2.80. The number of nitriles is 1. The van der Waals surface area contributed by atoms with Crippen LogP contribution in [0.3, 0.4) is 0 Å². The first-order valence-electron chi connectivity index (χ1n) is 8.15. The van der Waals surface area contributed by atoms with E-state index < -0.39 is 0 Å². The monoisotopic (exact) mass is 320 g/mol. The molecule has 3 unspecified atom stereocenters. The van der Waals surface area contributed by atoms with Gasteiger partial charge >= 0.3 is 0 Å². The second-order valence-corrected chi connectivity index (χ2v) is 6.36. The van der Waals surface area contributed by atoms with Crippen LogP contribution in [0, 0.1) is 17.2 Å². The van der Waals surface area contributed by atoms with Crippen LogP contribution in [0.4, 0.5) is 0 Å². The van der Waals surface area contributed by atoms with Gasteiger partial charge in [-0.1, -0.05) is 19.1 Å². The SMILES string of the molecule is CC(NC(=O)/C=C/c1ccc(C2CC2C)o1)c1ccc(C#N)cc1. The van der Waals surface area contributed by atoms with Crippen LogP contribution in [-0.2, 0) is 4.79 Å². The molecule has 1 aliphatic carbocycles. The molecule has 1 N–H and O–H groups in total. The predicted octanol–water partition coefficient (Wildman–Crippen LogP) is 4.17. The molecular formula is C20H20N2O2. The van der Waals surface area contributed by atoms with Crippen molar-refractivity contribution in [1.82, 2.24) is 5.32 Å². The van der Waals surface area contributed by atoms with E-state index in [1.54, 1.807) is 18.2 Å². The highest BCUT2D eigenvalue weighted by Crippen LogP contribution is 2.47. The zero-order valence-electron chi connectivity index (χ0n) is 13.8. The Bertz CT molecular complexity index is 796. The largest absolute Gasteiger partial charge is 0.461 e. The number of benzene rings is 1. The molecule has 0 saturated heterocycles. The second-order valence-electron chi connectivity index (χ2n) is 6.36. The third-order valence-electron chi connectivity index (χ3n) is 4.42. The summed E-state index contributed by atoms with van der Waals surface area (Å²) in [5, 5.41) is 11.7. The molecule has 0 radical (unpaired) electrons. The number of carbonyl (C=O) groups is 1. The predicted molar refractivity (Wildman–Crippen MR) is 92.0 cm³/mol. The highest BCUT2D eigenvalue weighted by Gasteiger charge is 2.36. The lowest BCUT2D eigenvalue weighted by atomic mass is 10.1. The van der Waals surface area contributed by atoms with Crippen LogP contribution in [0.2, 0.25) is 0 Å². The summed E-state index contributed by atoms with van der Waals surface area (Å²) in [4.78, 5) is 12.0. The molecule has 4 heteroatoms. The van der Waals surface area contributed by atoms with Crippen molar-refractivity contribution in [2.75, 3.05) is 0 Å². The van der Waals surface area contributed by atoms with Gasteiger partial charge < -0.3 is 9.73 Å². The molecule has 1 aromatic carbocycles. The highest BCUT2D eigenvalue weighted by atomic mass is 16.3. The molecule has 1 heterocycles. The molecule has 0 aliphatic heterocycles. The van der Waals surface area contributed by atoms with E-state index in [0.717, 1.165) is 11.3 Å². The van der Waals surface area contributed by atoms with Gasteiger partial charge in [0.1, 0.15) is 11.5 Å². The third kappa shape index (κ3) is 3.75. The lowest BCUT2D eigenvalue weighted by molar-refractivity contribution is -0.117. The summed E-state index contributed by atoms with van der Waals surface area (Å²) >= 11 is 0. The Morgan fingerprint density at radius 2 is 2.04 bits per heavy atom. The van der Waals surface area contributed by atoms with Crippen molar-refractivity contribution in [1.29, 1.82) is 5.26 Å². The Balaban J connectivity index is 1.56. The zero-order chi connectivity index (χ0) is 17.1. The van der Waals surface area contributed by atoms with Gasteiger partial charge in [-0.25, -0.2) is 0 Å². The van der Waals surface area contributed by atoms with Gasteiger partial charge in [-0.2, -0.15) is 5.26 Å². The average Bonchev–Trinajstić information content (AvgIpc) is 3.13.